The van der Waals surface area contributed by atoms with Gasteiger partial charge < -0.3 is 10.6 Å². The third-order valence-electron chi connectivity index (χ3n) is 4.60. The molecule has 1 amide bonds. The van der Waals surface area contributed by atoms with Crippen LogP contribution in [-0.2, 0) is 4.79 Å². The summed E-state index contributed by atoms with van der Waals surface area (Å²) in [4.78, 5) is 21.5. The van der Waals surface area contributed by atoms with E-state index in [1.807, 2.05) is 12.1 Å². The zero-order valence-electron chi connectivity index (χ0n) is 15.0. The molecule has 0 radical (unpaired) electrons. The minimum atomic E-state index is 0.0839. The Morgan fingerprint density at radius 2 is 2.04 bits per heavy atom. The number of hydrogen-bond acceptors (Lipinski definition) is 4. The fourth-order valence-electron chi connectivity index (χ4n) is 3.32. The lowest BCUT2D eigenvalue weighted by Gasteiger charge is -2.20. The van der Waals surface area contributed by atoms with Crippen molar-refractivity contribution in [3.63, 3.8) is 0 Å². The highest BCUT2D eigenvalue weighted by atomic mass is 16.1. The highest BCUT2D eigenvalue weighted by Gasteiger charge is 2.21. The molecular weight excluding hydrogens is 312 g/mol. The fourth-order valence-corrected chi connectivity index (χ4v) is 3.32. The molecule has 0 aliphatic heterocycles. The number of hydrogen-bond donors (Lipinski definition) is 2. The van der Waals surface area contributed by atoms with Crippen LogP contribution < -0.4 is 10.6 Å². The second-order valence-electron chi connectivity index (χ2n) is 7.01. The molecule has 0 unspecified atom stereocenters. The molecule has 0 bridgehead atoms. The molecule has 5 nitrogen and oxygen atoms in total. The van der Waals surface area contributed by atoms with Crippen LogP contribution in [0.2, 0.25) is 0 Å². The number of amides is 1. The smallest absolute Gasteiger partial charge is 0.228 e. The van der Waals surface area contributed by atoms with Crippen LogP contribution in [0.1, 0.15) is 51.6 Å². The van der Waals surface area contributed by atoms with E-state index >= 15 is 0 Å². The van der Waals surface area contributed by atoms with Crippen LogP contribution in [0.4, 0.5) is 11.6 Å². The van der Waals surface area contributed by atoms with Gasteiger partial charge in [-0.3, -0.25) is 4.79 Å². The Labute approximate surface area is 148 Å². The summed E-state index contributed by atoms with van der Waals surface area (Å²) in [6, 6.07) is 4.11. The van der Waals surface area contributed by atoms with E-state index in [-0.39, 0.29) is 17.9 Å². The summed E-state index contributed by atoms with van der Waals surface area (Å²) in [7, 11) is 0. The van der Waals surface area contributed by atoms with Crippen molar-refractivity contribution in [3.05, 3.63) is 30.6 Å². The topological polar surface area (TPSA) is 66.9 Å². The maximum Gasteiger partial charge on any atom is 0.228 e. The molecule has 25 heavy (non-hydrogen) atoms. The Morgan fingerprint density at radius 1 is 1.28 bits per heavy atom. The van der Waals surface area contributed by atoms with Gasteiger partial charge in [0.2, 0.25) is 5.91 Å². The molecule has 0 atom stereocenters. The number of pyridine rings is 2. The Kier molecular flexibility index (Phi) is 5.31. The summed E-state index contributed by atoms with van der Waals surface area (Å²) in [6.07, 6.45) is 8.97. The number of aromatic nitrogens is 2. The third-order valence-corrected chi connectivity index (χ3v) is 4.60. The maximum atomic E-state index is 12.5. The van der Waals surface area contributed by atoms with E-state index in [4.69, 9.17) is 0 Å². The Hall–Kier alpha value is -2.43. The van der Waals surface area contributed by atoms with Gasteiger partial charge in [0.05, 0.1) is 5.69 Å². The molecular formula is C20H26N4O. The summed E-state index contributed by atoms with van der Waals surface area (Å²) < 4.78 is 0. The van der Waals surface area contributed by atoms with E-state index in [2.05, 4.69) is 41.0 Å². The average molecular weight is 338 g/mol. The van der Waals surface area contributed by atoms with Crippen LogP contribution in [-0.4, -0.2) is 21.9 Å². The van der Waals surface area contributed by atoms with Crippen molar-refractivity contribution < 1.29 is 4.79 Å². The van der Waals surface area contributed by atoms with Gasteiger partial charge >= 0.3 is 0 Å². The normalized spacial score (nSPS) is 15.3. The highest BCUT2D eigenvalue weighted by molar-refractivity contribution is 5.97. The summed E-state index contributed by atoms with van der Waals surface area (Å²) >= 11 is 0. The quantitative estimate of drug-likeness (QED) is 0.835. The number of carbonyl (C=O) groups excluding carboxylic acids is 1. The van der Waals surface area contributed by atoms with E-state index in [0.29, 0.717) is 5.82 Å². The SMILES string of the molecule is C=Cc1cc2cnc(NC(=O)C3CCCCC3)cc2c(NC(C)C)n1. The van der Waals surface area contributed by atoms with Gasteiger partial charge in [-0.15, -0.1) is 0 Å². The first-order valence-electron chi connectivity index (χ1n) is 9.07. The first-order valence-corrected chi connectivity index (χ1v) is 9.07. The third kappa shape index (κ3) is 4.16. The molecule has 0 spiro atoms. The average Bonchev–Trinajstić information content (AvgIpc) is 2.62. The zero-order chi connectivity index (χ0) is 17.8. The molecule has 1 saturated carbocycles. The minimum absolute atomic E-state index is 0.0839. The van der Waals surface area contributed by atoms with Gasteiger partial charge in [0.1, 0.15) is 11.6 Å². The number of anilines is 2. The molecule has 1 aliphatic carbocycles. The lowest BCUT2D eigenvalue weighted by atomic mass is 9.89. The van der Waals surface area contributed by atoms with E-state index in [1.54, 1.807) is 12.3 Å². The van der Waals surface area contributed by atoms with Gasteiger partial charge in [0.25, 0.3) is 0 Å². The Morgan fingerprint density at radius 3 is 2.72 bits per heavy atom. The van der Waals surface area contributed by atoms with Crippen molar-refractivity contribution in [1.29, 1.82) is 0 Å². The summed E-state index contributed by atoms with van der Waals surface area (Å²) in [5.41, 5.74) is 0.802. The van der Waals surface area contributed by atoms with E-state index in [9.17, 15) is 4.79 Å². The standard InChI is InChI=1S/C20H26N4O/c1-4-16-10-15-12-21-18(11-17(15)19(23-16)22-13(2)3)24-20(25)14-8-6-5-7-9-14/h4,10-14H,1,5-9H2,2-3H3,(H,22,23)(H,21,24,25). The molecule has 132 valence electrons. The van der Waals surface area contributed by atoms with Crippen LogP contribution in [0.25, 0.3) is 16.8 Å². The first kappa shape index (κ1) is 17.4. The highest BCUT2D eigenvalue weighted by Crippen LogP contribution is 2.27. The van der Waals surface area contributed by atoms with Crippen molar-refractivity contribution in [2.45, 2.75) is 52.0 Å². The maximum absolute atomic E-state index is 12.5. The second kappa shape index (κ2) is 7.64. The van der Waals surface area contributed by atoms with Crippen LogP contribution in [0.5, 0.6) is 0 Å². The van der Waals surface area contributed by atoms with E-state index in [1.165, 1.54) is 6.42 Å². The largest absolute Gasteiger partial charge is 0.367 e. The van der Waals surface area contributed by atoms with E-state index in [0.717, 1.165) is 48.0 Å². The number of nitrogens with zero attached hydrogens (tertiary/aromatic N) is 2. The molecule has 0 saturated heterocycles. The summed E-state index contributed by atoms with van der Waals surface area (Å²) in [6.45, 7) is 7.94. The number of nitrogens with one attached hydrogen (secondary N) is 2. The summed E-state index contributed by atoms with van der Waals surface area (Å²) in [5, 5.41) is 8.28. The van der Waals surface area contributed by atoms with Crippen molar-refractivity contribution in [3.8, 4) is 0 Å². The number of fused-ring (bicyclic) bond motifs is 1. The molecule has 0 aromatic carbocycles. The lowest BCUT2D eigenvalue weighted by molar-refractivity contribution is -0.120. The molecule has 2 N–H and O–H groups in total. The molecule has 5 heteroatoms. The van der Waals surface area contributed by atoms with Crippen LogP contribution in [0.3, 0.4) is 0 Å². The van der Waals surface area contributed by atoms with Crippen LogP contribution in [0.15, 0.2) is 24.9 Å². The van der Waals surface area contributed by atoms with Gasteiger partial charge in [0, 0.05) is 28.9 Å². The fraction of sp³-hybridized carbons (Fsp3) is 0.450. The molecule has 2 aromatic heterocycles. The zero-order valence-corrected chi connectivity index (χ0v) is 15.0. The predicted octanol–water partition coefficient (Wildman–Crippen LogP) is 4.61. The minimum Gasteiger partial charge on any atom is -0.367 e. The summed E-state index contributed by atoms with van der Waals surface area (Å²) in [5.74, 6) is 1.57. The van der Waals surface area contributed by atoms with Crippen molar-refractivity contribution in [2.24, 2.45) is 5.92 Å². The predicted molar refractivity (Wildman–Crippen MR) is 104 cm³/mol. The van der Waals surface area contributed by atoms with Gasteiger partial charge in [0.15, 0.2) is 0 Å². The Bertz CT molecular complexity index is 779. The van der Waals surface area contributed by atoms with Gasteiger partial charge in [-0.05, 0) is 44.9 Å². The van der Waals surface area contributed by atoms with Crippen molar-refractivity contribution in [2.75, 3.05) is 10.6 Å². The molecule has 3 rings (SSSR count). The molecule has 1 aliphatic rings. The second-order valence-corrected chi connectivity index (χ2v) is 7.01. The lowest BCUT2D eigenvalue weighted by Crippen LogP contribution is -2.25. The Balaban J connectivity index is 1.89. The van der Waals surface area contributed by atoms with Gasteiger partial charge in [-0.25, -0.2) is 9.97 Å². The van der Waals surface area contributed by atoms with Gasteiger partial charge in [-0.2, -0.15) is 0 Å². The monoisotopic (exact) mass is 338 g/mol. The molecule has 1 fully saturated rings. The van der Waals surface area contributed by atoms with E-state index < -0.39 is 0 Å². The van der Waals surface area contributed by atoms with Gasteiger partial charge in [-0.1, -0.05) is 25.8 Å². The van der Waals surface area contributed by atoms with Crippen molar-refractivity contribution >= 4 is 34.4 Å². The van der Waals surface area contributed by atoms with Crippen LogP contribution in [0, 0.1) is 5.92 Å². The van der Waals surface area contributed by atoms with Crippen LogP contribution >= 0.6 is 0 Å². The molecule has 2 aromatic rings. The van der Waals surface area contributed by atoms with Crippen molar-refractivity contribution in [1.82, 2.24) is 9.97 Å². The molecule has 2 heterocycles. The number of carbonyl (C=O) groups is 1. The first-order chi connectivity index (χ1) is 12.1. The number of rotatable bonds is 5.